The summed E-state index contributed by atoms with van der Waals surface area (Å²) >= 11 is 0. The van der Waals surface area contributed by atoms with Crippen LogP contribution in [0.5, 0.6) is 0 Å². The van der Waals surface area contributed by atoms with E-state index in [2.05, 4.69) is 69.9 Å². The Kier molecular flexibility index (Phi) is 5.77. The Labute approximate surface area is 262 Å². The summed E-state index contributed by atoms with van der Waals surface area (Å²) in [5.74, 6) is -0.284. The van der Waals surface area contributed by atoms with Gasteiger partial charge in [-0.1, -0.05) is 42.5 Å². The maximum absolute atomic E-state index is 13.0. The van der Waals surface area contributed by atoms with Gasteiger partial charge in [-0.2, -0.15) is 5.10 Å². The third-order valence-corrected chi connectivity index (χ3v) is 11.5. The van der Waals surface area contributed by atoms with E-state index < -0.39 is 6.04 Å². The van der Waals surface area contributed by atoms with Gasteiger partial charge in [-0.05, 0) is 89.0 Å². The molecule has 3 amide bonds. The van der Waals surface area contributed by atoms with Crippen molar-refractivity contribution in [2.75, 3.05) is 13.1 Å². The van der Waals surface area contributed by atoms with Gasteiger partial charge in [0.05, 0.1) is 11.7 Å². The van der Waals surface area contributed by atoms with Gasteiger partial charge in [-0.25, -0.2) is 0 Å². The summed E-state index contributed by atoms with van der Waals surface area (Å²) in [5, 5.41) is 8.01. The number of nitrogens with one attached hydrogen (secondary N) is 1. The van der Waals surface area contributed by atoms with Gasteiger partial charge in [0.15, 0.2) is 0 Å². The molecule has 10 rings (SSSR count). The minimum absolute atomic E-state index is 0.110. The van der Waals surface area contributed by atoms with Crippen LogP contribution in [0.3, 0.4) is 0 Å². The third-order valence-electron chi connectivity index (χ3n) is 11.5. The number of likely N-dealkylation sites (tertiary alicyclic amines) is 1. The molecule has 4 heterocycles. The molecule has 0 radical (unpaired) electrons. The zero-order chi connectivity index (χ0) is 30.5. The van der Waals surface area contributed by atoms with Crippen molar-refractivity contribution in [2.45, 2.75) is 69.0 Å². The number of hydrogen-bond donors (Lipinski definition) is 1. The van der Waals surface area contributed by atoms with Crippen molar-refractivity contribution in [3.8, 4) is 0 Å². The lowest BCUT2D eigenvalue weighted by molar-refractivity contribution is -0.140. The number of aryl methyl sites for hydroxylation is 1. The molecule has 2 bridgehead atoms. The standard InChI is InChI=1S/C37H37N5O3/c1-40-31-9-4-24(12-26(31)15-38-40)14-36-20-37(21-36,22-36)29-6-2-23(3-7-29)16-41-17-28(18-41)25-5-8-30-27(13-25)19-42(35(30)45)32-10-11-33(43)39-34(32)44/h2-9,12-13,15,28,32H,10-11,14,16-22H2,1H3,(H,39,43,44). The average molecular weight is 600 g/mol. The van der Waals surface area contributed by atoms with Crippen LogP contribution in [0.1, 0.15) is 76.2 Å². The molecule has 8 heteroatoms. The van der Waals surface area contributed by atoms with E-state index >= 15 is 0 Å². The van der Waals surface area contributed by atoms with Gasteiger partial charge < -0.3 is 4.90 Å². The summed E-state index contributed by atoms with van der Waals surface area (Å²) in [7, 11) is 2.00. The molecular weight excluding hydrogens is 562 g/mol. The molecule has 3 saturated carbocycles. The van der Waals surface area contributed by atoms with Crippen LogP contribution in [0.4, 0.5) is 0 Å². The van der Waals surface area contributed by atoms with Gasteiger partial charge in [0.1, 0.15) is 6.04 Å². The Bertz CT molecular complexity index is 1880. The average Bonchev–Trinajstić information content (AvgIpc) is 3.50. The molecule has 5 fully saturated rings. The SMILES string of the molecule is Cn1ncc2cc(CC34CC(c5ccc(CN6CC(c7ccc8c(c7)CN(C7CCC(=O)NC7=O)C8=O)C6)cc5)(C3)C4)ccc21. The first-order valence-electron chi connectivity index (χ1n) is 16.3. The number of carbonyl (C=O) groups excluding carboxylic acids is 3. The Morgan fingerprint density at radius 2 is 1.71 bits per heavy atom. The maximum atomic E-state index is 13.0. The summed E-state index contributed by atoms with van der Waals surface area (Å²) in [6.07, 6.45) is 7.71. The fourth-order valence-corrected chi connectivity index (χ4v) is 9.23. The first kappa shape index (κ1) is 27.0. The van der Waals surface area contributed by atoms with Crippen LogP contribution in [0, 0.1) is 5.41 Å². The number of amides is 3. The van der Waals surface area contributed by atoms with Crippen LogP contribution in [-0.4, -0.2) is 56.4 Å². The van der Waals surface area contributed by atoms with E-state index in [0.717, 1.165) is 25.2 Å². The number of fused-ring (bicyclic) bond motifs is 2. The number of nitrogens with zero attached hydrogens (tertiary/aromatic N) is 4. The van der Waals surface area contributed by atoms with Crippen molar-refractivity contribution in [2.24, 2.45) is 12.5 Å². The number of aromatic nitrogens is 2. The predicted molar refractivity (Wildman–Crippen MR) is 169 cm³/mol. The number of piperidine rings is 1. The molecule has 228 valence electrons. The molecule has 1 atom stereocenters. The Morgan fingerprint density at radius 3 is 2.49 bits per heavy atom. The summed E-state index contributed by atoms with van der Waals surface area (Å²) in [5.41, 5.74) is 9.31. The molecule has 0 spiro atoms. The van der Waals surface area contributed by atoms with Crippen molar-refractivity contribution in [1.29, 1.82) is 0 Å². The molecule has 1 unspecified atom stereocenters. The first-order chi connectivity index (χ1) is 21.8. The van der Waals surface area contributed by atoms with Crippen LogP contribution < -0.4 is 5.32 Å². The molecule has 6 aliphatic rings. The number of imide groups is 1. The maximum Gasteiger partial charge on any atom is 0.255 e. The lowest BCUT2D eigenvalue weighted by Gasteiger charge is -2.71. The summed E-state index contributed by atoms with van der Waals surface area (Å²) < 4.78 is 1.94. The van der Waals surface area contributed by atoms with Crippen molar-refractivity contribution in [3.05, 3.63) is 100 Å². The number of carbonyl (C=O) groups is 3. The third kappa shape index (κ3) is 4.29. The van der Waals surface area contributed by atoms with E-state index in [1.54, 1.807) is 4.90 Å². The van der Waals surface area contributed by atoms with Crippen LogP contribution in [0.15, 0.2) is 66.9 Å². The van der Waals surface area contributed by atoms with Crippen LogP contribution in [-0.2, 0) is 41.6 Å². The highest BCUT2D eigenvalue weighted by Gasteiger charge is 2.67. The zero-order valence-corrected chi connectivity index (χ0v) is 25.6. The molecular formula is C37H37N5O3. The van der Waals surface area contributed by atoms with E-state index in [9.17, 15) is 14.4 Å². The molecule has 3 aliphatic carbocycles. The normalized spacial score (nSPS) is 27.6. The molecule has 3 aliphatic heterocycles. The fourth-order valence-electron chi connectivity index (χ4n) is 9.23. The minimum atomic E-state index is -0.569. The van der Waals surface area contributed by atoms with Crippen molar-refractivity contribution < 1.29 is 14.4 Å². The smallest absolute Gasteiger partial charge is 0.255 e. The van der Waals surface area contributed by atoms with E-state index in [-0.39, 0.29) is 24.1 Å². The predicted octanol–water partition coefficient (Wildman–Crippen LogP) is 4.60. The van der Waals surface area contributed by atoms with Crippen LogP contribution in [0.25, 0.3) is 10.9 Å². The summed E-state index contributed by atoms with van der Waals surface area (Å²) in [6.45, 7) is 3.39. The Morgan fingerprint density at radius 1 is 0.933 bits per heavy atom. The van der Waals surface area contributed by atoms with E-state index in [0.29, 0.717) is 35.3 Å². The lowest BCUT2D eigenvalue weighted by atomic mass is 9.32. The molecule has 1 aromatic heterocycles. The van der Waals surface area contributed by atoms with Crippen LogP contribution >= 0.6 is 0 Å². The molecule has 1 N–H and O–H groups in total. The second-order valence-corrected chi connectivity index (χ2v) is 14.6. The monoisotopic (exact) mass is 599 g/mol. The fraction of sp³-hybridized carbons (Fsp3) is 0.405. The van der Waals surface area contributed by atoms with Crippen LogP contribution in [0.2, 0.25) is 0 Å². The summed E-state index contributed by atoms with van der Waals surface area (Å²) in [4.78, 5) is 41.1. The number of hydrogen-bond acceptors (Lipinski definition) is 5. The highest BCUT2D eigenvalue weighted by atomic mass is 16.2. The van der Waals surface area contributed by atoms with Crippen molar-refractivity contribution >= 4 is 28.6 Å². The number of benzene rings is 3. The van der Waals surface area contributed by atoms with Gasteiger partial charge >= 0.3 is 0 Å². The molecule has 8 nitrogen and oxygen atoms in total. The summed E-state index contributed by atoms with van der Waals surface area (Å²) in [6, 6.07) is 21.8. The highest BCUT2D eigenvalue weighted by Crippen LogP contribution is 2.74. The van der Waals surface area contributed by atoms with E-state index in [1.165, 1.54) is 58.8 Å². The molecule has 3 aromatic carbocycles. The van der Waals surface area contributed by atoms with Gasteiger partial charge in [0.2, 0.25) is 11.8 Å². The molecule has 2 saturated heterocycles. The highest BCUT2D eigenvalue weighted by molar-refractivity contribution is 6.05. The van der Waals surface area contributed by atoms with Gasteiger partial charge in [-0.3, -0.25) is 29.3 Å². The largest absolute Gasteiger partial charge is 0.322 e. The second-order valence-electron chi connectivity index (χ2n) is 14.6. The quantitative estimate of drug-likeness (QED) is 0.314. The van der Waals surface area contributed by atoms with Crippen molar-refractivity contribution in [3.63, 3.8) is 0 Å². The topological polar surface area (TPSA) is 87.5 Å². The van der Waals surface area contributed by atoms with E-state index in [4.69, 9.17) is 0 Å². The van der Waals surface area contributed by atoms with Gasteiger partial charge in [-0.15, -0.1) is 0 Å². The lowest BCUT2D eigenvalue weighted by Crippen LogP contribution is -2.65. The number of rotatable bonds is 7. The van der Waals surface area contributed by atoms with Crippen molar-refractivity contribution in [1.82, 2.24) is 24.9 Å². The Balaban J connectivity index is 0.780. The molecule has 45 heavy (non-hydrogen) atoms. The first-order valence-corrected chi connectivity index (χ1v) is 16.3. The van der Waals surface area contributed by atoms with Gasteiger partial charge in [0.25, 0.3) is 5.91 Å². The Hall–Kier alpha value is -4.30. The minimum Gasteiger partial charge on any atom is -0.322 e. The zero-order valence-electron chi connectivity index (χ0n) is 25.6. The van der Waals surface area contributed by atoms with E-state index in [1.807, 2.05) is 24.0 Å². The van der Waals surface area contributed by atoms with Gasteiger partial charge in [0, 0.05) is 56.5 Å². The second kappa shape index (κ2) is 9.60. The molecule has 4 aromatic rings.